The summed E-state index contributed by atoms with van der Waals surface area (Å²) in [4.78, 5) is 27.8. The third-order valence-corrected chi connectivity index (χ3v) is 5.88. The highest BCUT2D eigenvalue weighted by molar-refractivity contribution is 6.51. The van der Waals surface area contributed by atoms with Crippen LogP contribution < -0.4 is 9.64 Å². The van der Waals surface area contributed by atoms with Crippen molar-refractivity contribution in [1.29, 1.82) is 0 Å². The van der Waals surface area contributed by atoms with Crippen molar-refractivity contribution < 1.29 is 19.4 Å². The predicted octanol–water partition coefficient (Wildman–Crippen LogP) is 5.59. The summed E-state index contributed by atoms with van der Waals surface area (Å²) in [5, 5.41) is 11.8. The lowest BCUT2D eigenvalue weighted by atomic mass is 9.93. The summed E-state index contributed by atoms with van der Waals surface area (Å²) in [7, 11) is 1.58. The van der Waals surface area contributed by atoms with Crippen LogP contribution >= 0.6 is 11.6 Å². The van der Waals surface area contributed by atoms with Crippen LogP contribution in [0.2, 0.25) is 5.02 Å². The molecule has 0 aliphatic carbocycles. The van der Waals surface area contributed by atoms with Gasteiger partial charge in [0.15, 0.2) is 0 Å². The van der Waals surface area contributed by atoms with Gasteiger partial charge in [0.05, 0.1) is 18.7 Å². The van der Waals surface area contributed by atoms with Crippen LogP contribution in [0, 0.1) is 13.8 Å². The molecule has 0 saturated carbocycles. The molecule has 6 heteroatoms. The molecule has 0 aromatic heterocycles. The lowest BCUT2D eigenvalue weighted by molar-refractivity contribution is -0.132. The summed E-state index contributed by atoms with van der Waals surface area (Å²) < 4.78 is 5.36. The molecule has 0 radical (unpaired) electrons. The highest BCUT2D eigenvalue weighted by Crippen LogP contribution is 2.43. The van der Waals surface area contributed by atoms with Crippen LogP contribution in [-0.2, 0) is 9.59 Å². The van der Waals surface area contributed by atoms with Gasteiger partial charge in [-0.05, 0) is 60.9 Å². The van der Waals surface area contributed by atoms with E-state index in [4.69, 9.17) is 16.3 Å². The maximum absolute atomic E-state index is 13.2. The topological polar surface area (TPSA) is 66.8 Å². The Morgan fingerprint density at radius 1 is 0.969 bits per heavy atom. The predicted molar refractivity (Wildman–Crippen MR) is 125 cm³/mol. The van der Waals surface area contributed by atoms with Gasteiger partial charge >= 0.3 is 0 Å². The van der Waals surface area contributed by atoms with E-state index in [9.17, 15) is 14.7 Å². The zero-order chi connectivity index (χ0) is 23.0. The van der Waals surface area contributed by atoms with Gasteiger partial charge < -0.3 is 9.84 Å². The SMILES string of the molecule is COc1cc(C)c(/C(O)=C2\C(=O)C(=O)N(c3cccc(Cl)c3)C2c2ccccc2)cc1C. The molecule has 3 aromatic carbocycles. The molecule has 1 aliphatic rings. The first-order valence-corrected chi connectivity index (χ1v) is 10.5. The maximum Gasteiger partial charge on any atom is 0.300 e. The molecule has 4 rings (SSSR count). The number of benzene rings is 3. The average Bonchev–Trinajstić information content (AvgIpc) is 3.05. The number of anilines is 1. The molecular weight excluding hydrogens is 426 g/mol. The van der Waals surface area contributed by atoms with Gasteiger partial charge in [0.2, 0.25) is 0 Å². The fourth-order valence-electron chi connectivity index (χ4n) is 4.09. The molecule has 0 bridgehead atoms. The molecular formula is C26H22ClNO4. The molecule has 1 heterocycles. The summed E-state index contributed by atoms with van der Waals surface area (Å²) in [6, 6.07) is 18.7. The summed E-state index contributed by atoms with van der Waals surface area (Å²) in [6.07, 6.45) is 0. The molecule has 1 atom stereocenters. The van der Waals surface area contributed by atoms with Crippen molar-refractivity contribution in [3.05, 3.63) is 99.6 Å². The Labute approximate surface area is 191 Å². The van der Waals surface area contributed by atoms with Gasteiger partial charge in [-0.25, -0.2) is 0 Å². The van der Waals surface area contributed by atoms with E-state index in [0.717, 1.165) is 11.1 Å². The van der Waals surface area contributed by atoms with Crippen molar-refractivity contribution >= 4 is 34.7 Å². The number of carbonyl (C=O) groups excluding carboxylic acids is 2. The standard InChI is InChI=1S/C26H22ClNO4/c1-15-13-21(32-3)16(2)12-20(15)24(29)22-23(17-8-5-4-6-9-17)28(26(31)25(22)30)19-11-7-10-18(27)14-19/h4-14,23,29H,1-3H3/b24-22+. The van der Waals surface area contributed by atoms with Crippen molar-refractivity contribution in [3.8, 4) is 5.75 Å². The van der Waals surface area contributed by atoms with Gasteiger partial charge in [0, 0.05) is 16.3 Å². The third kappa shape index (κ3) is 3.65. The fraction of sp³-hybridized carbons (Fsp3) is 0.154. The van der Waals surface area contributed by atoms with Crippen molar-refractivity contribution in [2.75, 3.05) is 12.0 Å². The van der Waals surface area contributed by atoms with Crippen LogP contribution in [0.5, 0.6) is 5.75 Å². The molecule has 162 valence electrons. The molecule has 5 nitrogen and oxygen atoms in total. The lowest BCUT2D eigenvalue weighted by Crippen LogP contribution is -2.29. The highest BCUT2D eigenvalue weighted by atomic mass is 35.5. The van der Waals surface area contributed by atoms with Gasteiger partial charge in [-0.15, -0.1) is 0 Å². The number of amides is 1. The average molecular weight is 448 g/mol. The molecule has 1 unspecified atom stereocenters. The summed E-state index contributed by atoms with van der Waals surface area (Å²) in [5.74, 6) is -1.00. The number of methoxy groups -OCH3 is 1. The normalized spacial score (nSPS) is 17.6. The van der Waals surface area contributed by atoms with Crippen LogP contribution in [0.15, 0.2) is 72.3 Å². The quantitative estimate of drug-likeness (QED) is 0.321. The van der Waals surface area contributed by atoms with Crippen LogP contribution in [0.25, 0.3) is 5.76 Å². The molecule has 1 aliphatic heterocycles. The van der Waals surface area contributed by atoms with Gasteiger partial charge in [0.1, 0.15) is 11.5 Å². The van der Waals surface area contributed by atoms with Crippen molar-refractivity contribution in [2.24, 2.45) is 0 Å². The minimum atomic E-state index is -0.795. The molecule has 3 aromatic rings. The highest BCUT2D eigenvalue weighted by Gasteiger charge is 2.47. The molecule has 1 amide bonds. The Morgan fingerprint density at radius 2 is 1.69 bits per heavy atom. The number of ether oxygens (including phenoxy) is 1. The number of aliphatic hydroxyl groups excluding tert-OH is 1. The number of nitrogens with zero attached hydrogens (tertiary/aromatic N) is 1. The number of aryl methyl sites for hydroxylation is 2. The van der Waals surface area contributed by atoms with E-state index in [2.05, 4.69) is 0 Å². The Balaban J connectivity index is 1.97. The third-order valence-electron chi connectivity index (χ3n) is 5.64. The molecule has 1 saturated heterocycles. The summed E-state index contributed by atoms with van der Waals surface area (Å²) in [6.45, 7) is 3.68. The van der Waals surface area contributed by atoms with E-state index in [1.807, 2.05) is 44.2 Å². The molecule has 1 N–H and O–H groups in total. The number of halogens is 1. The largest absolute Gasteiger partial charge is 0.507 e. The van der Waals surface area contributed by atoms with E-state index in [-0.39, 0.29) is 11.3 Å². The number of rotatable bonds is 4. The first-order valence-electron chi connectivity index (χ1n) is 10.1. The summed E-state index contributed by atoms with van der Waals surface area (Å²) in [5.41, 5.74) is 3.24. The second-order valence-corrected chi connectivity index (χ2v) is 8.13. The molecule has 1 fully saturated rings. The van der Waals surface area contributed by atoms with Crippen LogP contribution in [0.4, 0.5) is 5.69 Å². The van der Waals surface area contributed by atoms with E-state index in [1.54, 1.807) is 43.5 Å². The van der Waals surface area contributed by atoms with E-state index >= 15 is 0 Å². The van der Waals surface area contributed by atoms with E-state index in [0.29, 0.717) is 27.6 Å². The zero-order valence-electron chi connectivity index (χ0n) is 17.9. The van der Waals surface area contributed by atoms with Gasteiger partial charge in [-0.1, -0.05) is 48.0 Å². The van der Waals surface area contributed by atoms with Crippen molar-refractivity contribution in [3.63, 3.8) is 0 Å². The summed E-state index contributed by atoms with van der Waals surface area (Å²) >= 11 is 6.17. The smallest absolute Gasteiger partial charge is 0.300 e. The Kier molecular flexibility index (Phi) is 5.76. The maximum atomic E-state index is 13.2. The minimum Gasteiger partial charge on any atom is -0.507 e. The molecule has 32 heavy (non-hydrogen) atoms. The number of carbonyl (C=O) groups is 2. The first-order chi connectivity index (χ1) is 15.3. The number of ketones is 1. The number of hydrogen-bond acceptors (Lipinski definition) is 4. The number of Topliss-reactive ketones (excluding diaryl/α,β-unsaturated/α-hetero) is 1. The lowest BCUT2D eigenvalue weighted by Gasteiger charge is -2.25. The fourth-order valence-corrected chi connectivity index (χ4v) is 4.27. The van der Waals surface area contributed by atoms with Crippen molar-refractivity contribution in [2.45, 2.75) is 19.9 Å². The second kappa shape index (κ2) is 8.52. The van der Waals surface area contributed by atoms with Gasteiger partial charge in [-0.3, -0.25) is 14.5 Å². The first kappa shape index (κ1) is 21.7. The Morgan fingerprint density at radius 3 is 2.34 bits per heavy atom. The molecule has 0 spiro atoms. The minimum absolute atomic E-state index is 0.0360. The number of aliphatic hydroxyl groups is 1. The van der Waals surface area contributed by atoms with E-state index < -0.39 is 17.7 Å². The van der Waals surface area contributed by atoms with Gasteiger partial charge in [0.25, 0.3) is 11.7 Å². The second-order valence-electron chi connectivity index (χ2n) is 7.70. The monoisotopic (exact) mass is 447 g/mol. The van der Waals surface area contributed by atoms with Crippen LogP contribution in [-0.4, -0.2) is 23.9 Å². The van der Waals surface area contributed by atoms with Crippen LogP contribution in [0.1, 0.15) is 28.3 Å². The number of hydrogen-bond donors (Lipinski definition) is 1. The zero-order valence-corrected chi connectivity index (χ0v) is 18.7. The Bertz CT molecular complexity index is 1250. The van der Waals surface area contributed by atoms with Crippen molar-refractivity contribution in [1.82, 2.24) is 0 Å². The van der Waals surface area contributed by atoms with Gasteiger partial charge in [-0.2, -0.15) is 0 Å². The van der Waals surface area contributed by atoms with E-state index in [1.165, 1.54) is 4.90 Å². The van der Waals surface area contributed by atoms with Crippen LogP contribution in [0.3, 0.4) is 0 Å². The Hall–Kier alpha value is -3.57.